The van der Waals surface area contributed by atoms with Gasteiger partial charge in [-0.2, -0.15) is 0 Å². The quantitative estimate of drug-likeness (QED) is 0.806. The molecule has 15 heavy (non-hydrogen) atoms. The molecule has 1 fully saturated rings. The molecule has 1 aromatic rings. The third-order valence-corrected chi connectivity index (χ3v) is 4.07. The molecule has 0 aromatic carbocycles. The first-order valence-corrected chi connectivity index (χ1v) is 6.59. The third kappa shape index (κ3) is 2.93. The molecule has 1 aliphatic rings. The van der Waals surface area contributed by atoms with Crippen molar-refractivity contribution in [3.05, 3.63) is 28.0 Å². The SMILES string of the molecule is Cc1ccsc1/C=C/C1CC(C)CCN1. The molecular weight excluding hydrogens is 202 g/mol. The molecule has 1 aliphatic heterocycles. The Morgan fingerprint density at radius 2 is 2.40 bits per heavy atom. The lowest BCUT2D eigenvalue weighted by molar-refractivity contribution is 0.357. The molecule has 1 nitrogen and oxygen atoms in total. The van der Waals surface area contributed by atoms with E-state index in [-0.39, 0.29) is 0 Å². The number of aryl methyl sites for hydroxylation is 1. The molecule has 1 aromatic heterocycles. The second kappa shape index (κ2) is 4.95. The number of nitrogens with one attached hydrogen (secondary N) is 1. The molecule has 1 saturated heterocycles. The standard InChI is InChI=1S/C13H19NS/c1-10-5-7-14-12(9-10)3-4-13-11(2)6-8-15-13/h3-4,6,8,10,12,14H,5,7,9H2,1-2H3/b4-3+. The van der Waals surface area contributed by atoms with E-state index >= 15 is 0 Å². The lowest BCUT2D eigenvalue weighted by Gasteiger charge is -2.25. The molecule has 82 valence electrons. The highest BCUT2D eigenvalue weighted by molar-refractivity contribution is 7.11. The summed E-state index contributed by atoms with van der Waals surface area (Å²) in [5.41, 5.74) is 1.39. The minimum absolute atomic E-state index is 0.579. The fraction of sp³-hybridized carbons (Fsp3) is 0.538. The monoisotopic (exact) mass is 221 g/mol. The van der Waals surface area contributed by atoms with Crippen LogP contribution in [0.5, 0.6) is 0 Å². The van der Waals surface area contributed by atoms with Crippen molar-refractivity contribution < 1.29 is 0 Å². The lowest BCUT2D eigenvalue weighted by atomic mass is 9.94. The van der Waals surface area contributed by atoms with Crippen LogP contribution in [0.3, 0.4) is 0 Å². The van der Waals surface area contributed by atoms with E-state index in [0.717, 1.165) is 5.92 Å². The van der Waals surface area contributed by atoms with Gasteiger partial charge in [0.05, 0.1) is 0 Å². The van der Waals surface area contributed by atoms with E-state index in [4.69, 9.17) is 0 Å². The van der Waals surface area contributed by atoms with E-state index < -0.39 is 0 Å². The Kier molecular flexibility index (Phi) is 3.60. The number of thiophene rings is 1. The second-order valence-corrected chi connectivity index (χ2v) is 5.46. The first kappa shape index (κ1) is 10.9. The van der Waals surface area contributed by atoms with E-state index in [2.05, 4.69) is 42.8 Å². The smallest absolute Gasteiger partial charge is 0.0296 e. The van der Waals surface area contributed by atoms with Crippen LogP contribution in [-0.4, -0.2) is 12.6 Å². The van der Waals surface area contributed by atoms with Gasteiger partial charge in [-0.15, -0.1) is 11.3 Å². The van der Waals surface area contributed by atoms with E-state index in [1.54, 1.807) is 0 Å². The Bertz CT molecular complexity index is 340. The molecule has 2 heteroatoms. The fourth-order valence-electron chi connectivity index (χ4n) is 2.06. The summed E-state index contributed by atoms with van der Waals surface area (Å²) >= 11 is 1.82. The van der Waals surface area contributed by atoms with Crippen LogP contribution in [0.15, 0.2) is 17.5 Å². The van der Waals surface area contributed by atoms with Gasteiger partial charge in [0.15, 0.2) is 0 Å². The molecular formula is C13H19NS. The zero-order valence-corrected chi connectivity index (χ0v) is 10.3. The summed E-state index contributed by atoms with van der Waals surface area (Å²) in [6.07, 6.45) is 7.20. The third-order valence-electron chi connectivity index (χ3n) is 3.08. The van der Waals surface area contributed by atoms with Crippen molar-refractivity contribution in [2.24, 2.45) is 5.92 Å². The molecule has 0 amide bonds. The highest BCUT2D eigenvalue weighted by Crippen LogP contribution is 2.20. The fourth-order valence-corrected chi connectivity index (χ4v) is 2.89. The Balaban J connectivity index is 1.96. The van der Waals surface area contributed by atoms with Crippen LogP contribution in [0.4, 0.5) is 0 Å². The first-order valence-electron chi connectivity index (χ1n) is 5.71. The van der Waals surface area contributed by atoms with Gasteiger partial charge in [-0.3, -0.25) is 0 Å². The second-order valence-electron chi connectivity index (χ2n) is 4.52. The summed E-state index contributed by atoms with van der Waals surface area (Å²) in [6, 6.07) is 2.76. The summed E-state index contributed by atoms with van der Waals surface area (Å²) in [4.78, 5) is 1.40. The number of hydrogen-bond acceptors (Lipinski definition) is 2. The molecule has 0 spiro atoms. The van der Waals surface area contributed by atoms with Crippen molar-refractivity contribution in [1.29, 1.82) is 0 Å². The molecule has 2 atom stereocenters. The van der Waals surface area contributed by atoms with Crippen molar-refractivity contribution in [1.82, 2.24) is 5.32 Å². The highest BCUT2D eigenvalue weighted by Gasteiger charge is 2.15. The van der Waals surface area contributed by atoms with Crippen molar-refractivity contribution in [2.45, 2.75) is 32.7 Å². The van der Waals surface area contributed by atoms with E-state index in [9.17, 15) is 0 Å². The summed E-state index contributed by atoms with van der Waals surface area (Å²) in [7, 11) is 0. The lowest BCUT2D eigenvalue weighted by Crippen LogP contribution is -2.35. The van der Waals surface area contributed by atoms with Gasteiger partial charge < -0.3 is 5.32 Å². The summed E-state index contributed by atoms with van der Waals surface area (Å²) in [5, 5.41) is 5.71. The number of hydrogen-bond donors (Lipinski definition) is 1. The highest BCUT2D eigenvalue weighted by atomic mass is 32.1. The Morgan fingerprint density at radius 1 is 1.53 bits per heavy atom. The Labute approximate surface area is 96.2 Å². The summed E-state index contributed by atoms with van der Waals surface area (Å²) < 4.78 is 0. The zero-order valence-electron chi connectivity index (χ0n) is 9.49. The van der Waals surface area contributed by atoms with Gasteiger partial charge in [-0.25, -0.2) is 0 Å². The van der Waals surface area contributed by atoms with Crippen molar-refractivity contribution in [3.63, 3.8) is 0 Å². The minimum Gasteiger partial charge on any atom is -0.310 e. The number of rotatable bonds is 2. The topological polar surface area (TPSA) is 12.0 Å². The van der Waals surface area contributed by atoms with Crippen LogP contribution in [0.1, 0.15) is 30.2 Å². The van der Waals surface area contributed by atoms with Gasteiger partial charge in [0, 0.05) is 10.9 Å². The zero-order chi connectivity index (χ0) is 10.7. The van der Waals surface area contributed by atoms with Crippen LogP contribution < -0.4 is 5.32 Å². The van der Waals surface area contributed by atoms with Gasteiger partial charge in [-0.1, -0.05) is 13.0 Å². The normalized spacial score (nSPS) is 27.3. The maximum absolute atomic E-state index is 3.55. The number of piperidine rings is 1. The van der Waals surface area contributed by atoms with E-state index in [1.165, 1.54) is 29.8 Å². The van der Waals surface area contributed by atoms with Crippen molar-refractivity contribution in [2.75, 3.05) is 6.54 Å². The molecule has 0 aliphatic carbocycles. The van der Waals surface area contributed by atoms with Crippen LogP contribution >= 0.6 is 11.3 Å². The van der Waals surface area contributed by atoms with Gasteiger partial charge in [0.2, 0.25) is 0 Å². The molecule has 0 saturated carbocycles. The van der Waals surface area contributed by atoms with E-state index in [1.807, 2.05) is 11.3 Å². The average Bonchev–Trinajstić information content (AvgIpc) is 2.61. The first-order chi connectivity index (χ1) is 7.25. The van der Waals surface area contributed by atoms with Crippen LogP contribution in [0, 0.1) is 12.8 Å². The maximum Gasteiger partial charge on any atom is 0.0296 e. The predicted octanol–water partition coefficient (Wildman–Crippen LogP) is 3.46. The minimum atomic E-state index is 0.579. The summed E-state index contributed by atoms with van der Waals surface area (Å²) in [6.45, 7) is 5.69. The average molecular weight is 221 g/mol. The van der Waals surface area contributed by atoms with Crippen LogP contribution in [-0.2, 0) is 0 Å². The van der Waals surface area contributed by atoms with Crippen molar-refractivity contribution >= 4 is 17.4 Å². The predicted molar refractivity (Wildman–Crippen MR) is 68.3 cm³/mol. The maximum atomic E-state index is 3.55. The molecule has 2 unspecified atom stereocenters. The van der Waals surface area contributed by atoms with E-state index in [0.29, 0.717) is 6.04 Å². The Morgan fingerprint density at radius 3 is 3.07 bits per heavy atom. The van der Waals surface area contributed by atoms with Gasteiger partial charge >= 0.3 is 0 Å². The van der Waals surface area contributed by atoms with Gasteiger partial charge in [0.25, 0.3) is 0 Å². The largest absolute Gasteiger partial charge is 0.310 e. The van der Waals surface area contributed by atoms with Crippen molar-refractivity contribution in [3.8, 4) is 0 Å². The Hall–Kier alpha value is -0.600. The summed E-state index contributed by atoms with van der Waals surface area (Å²) in [5.74, 6) is 0.866. The van der Waals surface area contributed by atoms with Gasteiger partial charge in [0.1, 0.15) is 0 Å². The van der Waals surface area contributed by atoms with Gasteiger partial charge in [-0.05, 0) is 55.3 Å². The molecule has 0 bridgehead atoms. The molecule has 2 heterocycles. The molecule has 0 radical (unpaired) electrons. The van der Waals surface area contributed by atoms with Crippen LogP contribution in [0.25, 0.3) is 6.08 Å². The molecule has 2 rings (SSSR count). The van der Waals surface area contributed by atoms with Crippen LogP contribution in [0.2, 0.25) is 0 Å². The molecule has 1 N–H and O–H groups in total.